The summed E-state index contributed by atoms with van der Waals surface area (Å²) < 4.78 is 80.9. The predicted octanol–water partition coefficient (Wildman–Crippen LogP) is -1.40. The fourth-order valence-electron chi connectivity index (χ4n) is 7.20. The van der Waals surface area contributed by atoms with Gasteiger partial charge in [0, 0.05) is 69.2 Å². The Morgan fingerprint density at radius 3 is 1.37 bits per heavy atom. The fraction of sp³-hybridized carbons (Fsp3) is 0.737. The number of carbonyl (C=O) groups is 9. The van der Waals surface area contributed by atoms with Crippen molar-refractivity contribution >= 4 is 59.6 Å². The Hall–Kier alpha value is -5.50. The molecular weight excluding hydrogens is 852 g/mol. The summed E-state index contributed by atoms with van der Waals surface area (Å²) in [5, 5.41) is 2.60. The summed E-state index contributed by atoms with van der Waals surface area (Å²) in [7, 11) is 0. The van der Waals surface area contributed by atoms with Crippen LogP contribution >= 0.6 is 0 Å². The Morgan fingerprint density at radius 1 is 0.476 bits per heavy atom. The SMILES string of the molecule is CC(=O)NC1C(OC(C)=O)[C@H](O[C@@H]2OC(COC(C)=O)[C@@H](OC(C)=O)C(OC(C)=O)C2OC(C)=O)C(COC(C)=O)O[C@H]1O[C@@H]1C(COC(C)=O)O[C@@H]2OC(C)=NC2C1OC(C)=O. The van der Waals surface area contributed by atoms with Gasteiger partial charge in [0.2, 0.25) is 12.2 Å². The summed E-state index contributed by atoms with van der Waals surface area (Å²) in [5.74, 6) is -7.47. The second-order valence-corrected chi connectivity index (χ2v) is 14.6. The van der Waals surface area contributed by atoms with Gasteiger partial charge in [-0.3, -0.25) is 43.2 Å². The maximum Gasteiger partial charge on any atom is 0.303 e. The van der Waals surface area contributed by atoms with Gasteiger partial charge in [-0.15, -0.1) is 0 Å². The first-order valence-electron chi connectivity index (χ1n) is 19.6. The molecule has 0 aromatic rings. The largest absolute Gasteiger partial charge is 0.463 e. The molecule has 4 aliphatic heterocycles. The fourth-order valence-corrected chi connectivity index (χ4v) is 7.20. The summed E-state index contributed by atoms with van der Waals surface area (Å²) >= 11 is 0. The Balaban J connectivity index is 1.87. The number of esters is 8. The standard InChI is InChI=1S/C38H52N2O23/c1-14(41)39-27-32(55-20(7)46)30(63-38-35(58-23(10)49)34(57-22(9)48)31(54-19(6)45)26(61-38)13-52-18(5)44)25(12-51-17(4)43)60-37(27)62-29-24(11-50-16(3)42)59-36-28(40-15(2)53-36)33(29)56-21(8)47/h24-38H,11-13H2,1-10H3,(H,39,41)/t24?,25?,26?,27?,28?,29-,30-,31-,32?,33?,34?,35?,36+,37+,38+/m1/s1. The molecule has 0 aromatic heterocycles. The number of amides is 1. The van der Waals surface area contributed by atoms with E-state index in [1.165, 1.54) is 6.92 Å². The van der Waals surface area contributed by atoms with Crippen molar-refractivity contribution in [3.8, 4) is 0 Å². The van der Waals surface area contributed by atoms with Crippen molar-refractivity contribution in [3.63, 3.8) is 0 Å². The maximum atomic E-state index is 13.0. The Kier molecular flexibility index (Phi) is 17.7. The van der Waals surface area contributed by atoms with Crippen molar-refractivity contribution < 1.29 is 109 Å². The van der Waals surface area contributed by atoms with Crippen LogP contribution in [-0.2, 0) is 109 Å². The van der Waals surface area contributed by atoms with Gasteiger partial charge in [-0.2, -0.15) is 0 Å². The molecule has 4 rings (SSSR count). The van der Waals surface area contributed by atoms with Gasteiger partial charge in [0.25, 0.3) is 0 Å². The lowest BCUT2D eigenvalue weighted by Crippen LogP contribution is -2.70. The van der Waals surface area contributed by atoms with Crippen LogP contribution in [0.4, 0.5) is 0 Å². The van der Waals surface area contributed by atoms with Gasteiger partial charge in [-0.05, 0) is 0 Å². The molecule has 4 aliphatic rings. The minimum absolute atomic E-state index is 0.164. The molecule has 0 spiro atoms. The van der Waals surface area contributed by atoms with Crippen molar-refractivity contribution in [3.05, 3.63) is 0 Å². The van der Waals surface area contributed by atoms with Crippen LogP contribution in [0.3, 0.4) is 0 Å². The number of hydrogen-bond donors (Lipinski definition) is 1. The number of nitrogens with one attached hydrogen (secondary N) is 1. The van der Waals surface area contributed by atoms with Crippen molar-refractivity contribution in [1.29, 1.82) is 0 Å². The van der Waals surface area contributed by atoms with E-state index in [-0.39, 0.29) is 5.90 Å². The topological polar surface area (TPSA) is 307 Å². The summed E-state index contributed by atoms with van der Waals surface area (Å²) in [6, 6.07) is -2.62. The number of hydrogen-bond acceptors (Lipinski definition) is 24. The van der Waals surface area contributed by atoms with E-state index in [4.69, 9.17) is 66.3 Å². The van der Waals surface area contributed by atoms with Crippen molar-refractivity contribution in [2.24, 2.45) is 4.99 Å². The summed E-state index contributed by atoms with van der Waals surface area (Å²) in [6.07, 6.45) is -20.4. The quantitative estimate of drug-likeness (QED) is 0.138. The highest BCUT2D eigenvalue weighted by atomic mass is 16.8. The average Bonchev–Trinajstić information content (AvgIpc) is 3.53. The molecule has 63 heavy (non-hydrogen) atoms. The highest BCUT2D eigenvalue weighted by molar-refractivity contribution is 5.75. The van der Waals surface area contributed by atoms with Gasteiger partial charge < -0.3 is 71.6 Å². The van der Waals surface area contributed by atoms with Crippen LogP contribution < -0.4 is 5.32 Å². The molecule has 0 aromatic carbocycles. The molecule has 0 radical (unpaired) electrons. The third-order valence-corrected chi connectivity index (χ3v) is 9.28. The van der Waals surface area contributed by atoms with E-state index in [1.54, 1.807) is 0 Å². The first-order valence-corrected chi connectivity index (χ1v) is 19.6. The molecule has 1 N–H and O–H groups in total. The van der Waals surface area contributed by atoms with Gasteiger partial charge in [0.1, 0.15) is 56.4 Å². The minimum atomic E-state index is -1.90. The number of aliphatic imine (C=N–C) groups is 1. The molecule has 3 saturated heterocycles. The van der Waals surface area contributed by atoms with Gasteiger partial charge in [0.05, 0.1) is 0 Å². The number of nitrogens with zero attached hydrogens (tertiary/aromatic N) is 1. The molecule has 25 nitrogen and oxygen atoms in total. The molecule has 0 saturated carbocycles. The highest BCUT2D eigenvalue weighted by Crippen LogP contribution is 2.38. The van der Waals surface area contributed by atoms with Crippen LogP contribution in [-0.4, -0.2) is 171 Å². The van der Waals surface area contributed by atoms with Gasteiger partial charge in [0.15, 0.2) is 55.0 Å². The number of carbonyl (C=O) groups excluding carboxylic acids is 9. The summed E-state index contributed by atoms with van der Waals surface area (Å²) in [4.78, 5) is 116. The molecule has 0 aliphatic carbocycles. The van der Waals surface area contributed by atoms with Crippen molar-refractivity contribution in [1.82, 2.24) is 5.32 Å². The molecule has 3 fully saturated rings. The van der Waals surface area contributed by atoms with Crippen LogP contribution in [0.25, 0.3) is 0 Å². The van der Waals surface area contributed by atoms with E-state index < -0.39 is 165 Å². The normalized spacial score (nSPS) is 33.4. The number of fused-ring (bicyclic) bond motifs is 1. The van der Waals surface area contributed by atoms with E-state index >= 15 is 0 Å². The van der Waals surface area contributed by atoms with Crippen molar-refractivity contribution in [2.75, 3.05) is 19.8 Å². The Labute approximate surface area is 360 Å². The van der Waals surface area contributed by atoms with E-state index in [2.05, 4.69) is 10.3 Å². The van der Waals surface area contributed by atoms with Crippen molar-refractivity contribution in [2.45, 2.75) is 161 Å². The zero-order valence-electron chi connectivity index (χ0n) is 36.1. The number of rotatable bonds is 16. The minimum Gasteiger partial charge on any atom is -0.463 e. The lowest BCUT2D eigenvalue weighted by molar-refractivity contribution is -0.360. The lowest BCUT2D eigenvalue weighted by Gasteiger charge is -2.50. The van der Waals surface area contributed by atoms with E-state index in [0.29, 0.717) is 0 Å². The van der Waals surface area contributed by atoms with Crippen LogP contribution in [0.1, 0.15) is 69.2 Å². The van der Waals surface area contributed by atoms with Gasteiger partial charge in [-0.25, -0.2) is 4.99 Å². The second kappa shape index (κ2) is 22.2. The zero-order chi connectivity index (χ0) is 46.9. The Morgan fingerprint density at radius 2 is 0.873 bits per heavy atom. The van der Waals surface area contributed by atoms with E-state index in [1.807, 2.05) is 0 Å². The van der Waals surface area contributed by atoms with Crippen LogP contribution in [0.15, 0.2) is 4.99 Å². The van der Waals surface area contributed by atoms with Gasteiger partial charge >= 0.3 is 47.8 Å². The molecule has 352 valence electrons. The van der Waals surface area contributed by atoms with Crippen LogP contribution in [0, 0.1) is 0 Å². The molecule has 9 unspecified atom stereocenters. The zero-order valence-corrected chi connectivity index (χ0v) is 36.1. The predicted molar refractivity (Wildman–Crippen MR) is 199 cm³/mol. The molecule has 15 atom stereocenters. The molecule has 25 heteroatoms. The Bertz CT molecular complexity index is 1770. The first kappa shape index (κ1) is 50.1. The maximum absolute atomic E-state index is 13.0. The van der Waals surface area contributed by atoms with Crippen LogP contribution in [0.5, 0.6) is 0 Å². The summed E-state index contributed by atoms with van der Waals surface area (Å²) in [6.45, 7) is 9.27. The van der Waals surface area contributed by atoms with Gasteiger partial charge in [-0.1, -0.05) is 0 Å². The molecule has 4 heterocycles. The molecule has 1 amide bonds. The van der Waals surface area contributed by atoms with E-state index in [0.717, 1.165) is 62.3 Å². The second-order valence-electron chi connectivity index (χ2n) is 14.6. The third kappa shape index (κ3) is 14.0. The lowest BCUT2D eigenvalue weighted by atomic mass is 9.93. The van der Waals surface area contributed by atoms with E-state index in [9.17, 15) is 43.2 Å². The summed E-state index contributed by atoms with van der Waals surface area (Å²) in [5.41, 5.74) is 0. The first-order chi connectivity index (χ1) is 29.5. The third-order valence-electron chi connectivity index (χ3n) is 9.28. The monoisotopic (exact) mass is 904 g/mol. The highest BCUT2D eigenvalue weighted by Gasteiger charge is 2.59. The molecule has 0 bridgehead atoms. The molecular formula is C38H52N2O23. The van der Waals surface area contributed by atoms with Crippen LogP contribution in [0.2, 0.25) is 0 Å². The average molecular weight is 905 g/mol. The smallest absolute Gasteiger partial charge is 0.303 e. The number of ether oxygens (including phenoxy) is 14.